The number of rotatable bonds is 4. The topological polar surface area (TPSA) is 102 Å². The number of benzene rings is 1. The van der Waals surface area contributed by atoms with Gasteiger partial charge in [0.25, 0.3) is 5.91 Å². The summed E-state index contributed by atoms with van der Waals surface area (Å²) in [5.41, 5.74) is 1.23. The Hall–Kier alpha value is -3.16. The summed E-state index contributed by atoms with van der Waals surface area (Å²) >= 11 is 0. The molecule has 1 aliphatic rings. The Balaban J connectivity index is 1.52. The van der Waals surface area contributed by atoms with Gasteiger partial charge in [-0.05, 0) is 31.2 Å². The van der Waals surface area contributed by atoms with Crippen molar-refractivity contribution in [2.75, 3.05) is 25.5 Å². The Morgan fingerprint density at radius 1 is 1.24 bits per heavy atom. The van der Waals surface area contributed by atoms with Crippen LogP contribution in [0.1, 0.15) is 26.6 Å². The van der Waals surface area contributed by atoms with Crippen LogP contribution in [0.4, 0.5) is 5.69 Å². The van der Waals surface area contributed by atoms with Crippen LogP contribution in [0.2, 0.25) is 0 Å². The third kappa shape index (κ3) is 3.52. The number of carbonyl (C=O) groups is 3. The lowest BCUT2D eigenvalue weighted by Gasteiger charge is -2.37. The first-order chi connectivity index (χ1) is 12.0. The monoisotopic (exact) mass is 343 g/mol. The first-order valence-electron chi connectivity index (χ1n) is 7.70. The van der Waals surface area contributed by atoms with Crippen LogP contribution in [-0.2, 0) is 9.53 Å². The van der Waals surface area contributed by atoms with E-state index in [4.69, 9.17) is 4.52 Å². The number of likely N-dealkylation sites (tertiary alicyclic amines) is 1. The third-order valence-electron chi connectivity index (χ3n) is 3.96. The second kappa shape index (κ2) is 6.76. The molecule has 1 aliphatic heterocycles. The Kier molecular flexibility index (Phi) is 4.51. The zero-order chi connectivity index (χ0) is 18.0. The van der Waals surface area contributed by atoms with Crippen LogP contribution >= 0.6 is 0 Å². The molecule has 1 saturated heterocycles. The number of methoxy groups -OCH3 is 1. The van der Waals surface area contributed by atoms with Crippen LogP contribution in [0.3, 0.4) is 0 Å². The number of nitrogens with one attached hydrogen (secondary N) is 1. The molecule has 0 unspecified atom stereocenters. The number of esters is 1. The largest absolute Gasteiger partial charge is 0.465 e. The molecule has 25 heavy (non-hydrogen) atoms. The second-order valence-corrected chi connectivity index (χ2v) is 5.79. The van der Waals surface area contributed by atoms with Crippen molar-refractivity contribution < 1.29 is 23.6 Å². The minimum absolute atomic E-state index is 0.175. The lowest BCUT2D eigenvalue weighted by molar-refractivity contribution is -0.123. The molecule has 2 heterocycles. The average molecular weight is 343 g/mol. The van der Waals surface area contributed by atoms with E-state index >= 15 is 0 Å². The van der Waals surface area contributed by atoms with Gasteiger partial charge in [0.05, 0.1) is 18.6 Å². The number of nitrogens with zero attached hydrogens (tertiary/aromatic N) is 2. The highest BCUT2D eigenvalue weighted by molar-refractivity contribution is 5.98. The molecular formula is C17H17N3O5. The Morgan fingerprint density at radius 3 is 2.48 bits per heavy atom. The predicted molar refractivity (Wildman–Crippen MR) is 87.0 cm³/mol. The van der Waals surface area contributed by atoms with Gasteiger partial charge >= 0.3 is 5.97 Å². The van der Waals surface area contributed by atoms with E-state index in [0.717, 1.165) is 0 Å². The first-order valence-corrected chi connectivity index (χ1v) is 7.70. The minimum Gasteiger partial charge on any atom is -0.465 e. The van der Waals surface area contributed by atoms with Crippen molar-refractivity contribution in [2.45, 2.75) is 6.92 Å². The molecule has 2 amide bonds. The van der Waals surface area contributed by atoms with Gasteiger partial charge in [-0.15, -0.1) is 0 Å². The molecule has 1 fully saturated rings. The fraction of sp³-hybridized carbons (Fsp3) is 0.294. The minimum atomic E-state index is -0.436. The van der Waals surface area contributed by atoms with Gasteiger partial charge in [-0.2, -0.15) is 0 Å². The highest BCUT2D eigenvalue weighted by atomic mass is 16.5. The molecular weight excluding hydrogens is 326 g/mol. The van der Waals surface area contributed by atoms with Gasteiger partial charge in [0.1, 0.15) is 5.76 Å². The van der Waals surface area contributed by atoms with E-state index in [1.54, 1.807) is 42.2 Å². The molecule has 2 aromatic rings. The van der Waals surface area contributed by atoms with E-state index in [1.165, 1.54) is 7.11 Å². The number of hydrogen-bond donors (Lipinski definition) is 1. The molecule has 8 heteroatoms. The average Bonchev–Trinajstić information content (AvgIpc) is 3.00. The van der Waals surface area contributed by atoms with Crippen LogP contribution in [-0.4, -0.2) is 48.0 Å². The fourth-order valence-electron chi connectivity index (χ4n) is 2.49. The van der Waals surface area contributed by atoms with Crippen LogP contribution in [0.5, 0.6) is 0 Å². The van der Waals surface area contributed by atoms with Crippen molar-refractivity contribution in [3.05, 3.63) is 47.3 Å². The highest BCUT2D eigenvalue weighted by Crippen LogP contribution is 2.21. The van der Waals surface area contributed by atoms with E-state index < -0.39 is 5.97 Å². The number of aryl methyl sites for hydroxylation is 1. The Bertz CT molecular complexity index is 806. The molecule has 1 aromatic heterocycles. The third-order valence-corrected chi connectivity index (χ3v) is 3.96. The molecule has 3 rings (SSSR count). The molecule has 8 nitrogen and oxygen atoms in total. The van der Waals surface area contributed by atoms with Gasteiger partial charge < -0.3 is 19.5 Å². The molecule has 0 saturated carbocycles. The number of ether oxygens (including phenoxy) is 1. The second-order valence-electron chi connectivity index (χ2n) is 5.79. The van der Waals surface area contributed by atoms with Crippen molar-refractivity contribution >= 4 is 23.5 Å². The van der Waals surface area contributed by atoms with Gasteiger partial charge in [0.2, 0.25) is 5.91 Å². The number of amides is 2. The standard InChI is InChI=1S/C17H17N3O5/c1-10-7-14(19-25-10)16(22)20-8-12(9-20)15(21)18-13-5-3-11(4-6-13)17(23)24-2/h3-7,12H,8-9H2,1-2H3,(H,18,21). The molecule has 0 spiro atoms. The Labute approximate surface area is 143 Å². The predicted octanol–water partition coefficient (Wildman–Crippen LogP) is 1.48. The zero-order valence-electron chi connectivity index (χ0n) is 13.8. The van der Waals surface area contributed by atoms with E-state index in [2.05, 4.69) is 15.2 Å². The summed E-state index contributed by atoms with van der Waals surface area (Å²) in [5, 5.41) is 6.45. The van der Waals surface area contributed by atoms with Crippen LogP contribution < -0.4 is 5.32 Å². The summed E-state index contributed by atoms with van der Waals surface area (Å²) in [6.45, 7) is 2.37. The highest BCUT2D eigenvalue weighted by Gasteiger charge is 2.37. The summed E-state index contributed by atoms with van der Waals surface area (Å²) < 4.78 is 9.50. The fourth-order valence-corrected chi connectivity index (χ4v) is 2.49. The van der Waals surface area contributed by atoms with Gasteiger partial charge in [-0.1, -0.05) is 5.16 Å². The summed E-state index contributed by atoms with van der Waals surface area (Å²) in [5.74, 6) is -0.575. The first kappa shape index (κ1) is 16.7. The quantitative estimate of drug-likeness (QED) is 0.844. The van der Waals surface area contributed by atoms with Gasteiger partial charge in [-0.25, -0.2) is 4.79 Å². The summed E-state index contributed by atoms with van der Waals surface area (Å²) in [6.07, 6.45) is 0. The van der Waals surface area contributed by atoms with Crippen LogP contribution in [0.25, 0.3) is 0 Å². The molecule has 1 N–H and O–H groups in total. The number of aromatic nitrogens is 1. The molecule has 0 bridgehead atoms. The lowest BCUT2D eigenvalue weighted by Crippen LogP contribution is -2.54. The number of carbonyl (C=O) groups excluding carboxylic acids is 3. The lowest BCUT2D eigenvalue weighted by atomic mass is 9.98. The van der Waals surface area contributed by atoms with Crippen molar-refractivity contribution in [3.63, 3.8) is 0 Å². The molecule has 0 atom stereocenters. The smallest absolute Gasteiger partial charge is 0.337 e. The number of hydrogen-bond acceptors (Lipinski definition) is 6. The van der Waals surface area contributed by atoms with Crippen molar-refractivity contribution in [2.24, 2.45) is 5.92 Å². The maximum atomic E-state index is 12.2. The zero-order valence-corrected chi connectivity index (χ0v) is 13.8. The summed E-state index contributed by atoms with van der Waals surface area (Å²) in [7, 11) is 1.31. The number of anilines is 1. The van der Waals surface area contributed by atoms with Crippen molar-refractivity contribution in [3.8, 4) is 0 Å². The Morgan fingerprint density at radius 2 is 1.92 bits per heavy atom. The van der Waals surface area contributed by atoms with Gasteiger partial charge in [0, 0.05) is 24.8 Å². The van der Waals surface area contributed by atoms with Crippen molar-refractivity contribution in [1.82, 2.24) is 10.1 Å². The SMILES string of the molecule is COC(=O)c1ccc(NC(=O)C2CN(C(=O)c3cc(C)on3)C2)cc1. The molecule has 0 aliphatic carbocycles. The van der Waals surface area contributed by atoms with E-state index in [1.807, 2.05) is 0 Å². The van der Waals surface area contributed by atoms with Gasteiger partial charge in [-0.3, -0.25) is 9.59 Å². The maximum Gasteiger partial charge on any atom is 0.337 e. The molecule has 0 radical (unpaired) electrons. The van der Waals surface area contributed by atoms with E-state index in [9.17, 15) is 14.4 Å². The maximum absolute atomic E-state index is 12.2. The van der Waals surface area contributed by atoms with E-state index in [0.29, 0.717) is 30.1 Å². The normalized spacial score (nSPS) is 13.9. The summed E-state index contributed by atoms with van der Waals surface area (Å²) in [6, 6.07) is 7.97. The molecule has 1 aromatic carbocycles. The van der Waals surface area contributed by atoms with Crippen LogP contribution in [0.15, 0.2) is 34.9 Å². The van der Waals surface area contributed by atoms with E-state index in [-0.39, 0.29) is 23.4 Å². The van der Waals surface area contributed by atoms with Crippen molar-refractivity contribution in [1.29, 1.82) is 0 Å². The summed E-state index contributed by atoms with van der Waals surface area (Å²) in [4.78, 5) is 37.2. The molecule has 130 valence electrons. The van der Waals surface area contributed by atoms with Gasteiger partial charge in [0.15, 0.2) is 5.69 Å². The van der Waals surface area contributed by atoms with Crippen LogP contribution in [0, 0.1) is 12.8 Å².